The second-order valence-corrected chi connectivity index (χ2v) is 7.41. The molecule has 2 amide bonds. The van der Waals surface area contributed by atoms with Gasteiger partial charge in [0.2, 0.25) is 5.82 Å². The molecule has 0 saturated heterocycles. The lowest BCUT2D eigenvalue weighted by Crippen LogP contribution is -2.49. The summed E-state index contributed by atoms with van der Waals surface area (Å²) >= 11 is 0. The number of para-hydroxylation sites is 2. The fourth-order valence-electron chi connectivity index (χ4n) is 3.96. The summed E-state index contributed by atoms with van der Waals surface area (Å²) in [5.41, 5.74) is 2.06. The number of amides is 2. The lowest BCUT2D eigenvalue weighted by Gasteiger charge is -2.37. The summed E-state index contributed by atoms with van der Waals surface area (Å²) in [7, 11) is 1.67. The van der Waals surface area contributed by atoms with Gasteiger partial charge in [-0.1, -0.05) is 12.1 Å². The number of rotatable bonds is 2. The highest BCUT2D eigenvalue weighted by molar-refractivity contribution is 6.02. The van der Waals surface area contributed by atoms with Crippen molar-refractivity contribution < 1.29 is 19.1 Å². The van der Waals surface area contributed by atoms with Crippen LogP contribution in [0.25, 0.3) is 0 Å². The molecule has 0 bridgehead atoms. The van der Waals surface area contributed by atoms with E-state index in [0.717, 1.165) is 30.5 Å². The molecule has 8 nitrogen and oxygen atoms in total. The van der Waals surface area contributed by atoms with Crippen molar-refractivity contribution in [3.8, 4) is 5.75 Å². The zero-order chi connectivity index (χ0) is 19.3. The van der Waals surface area contributed by atoms with Gasteiger partial charge in [0.25, 0.3) is 11.8 Å². The maximum atomic E-state index is 12.8. The van der Waals surface area contributed by atoms with Gasteiger partial charge in [0.05, 0.1) is 18.0 Å². The Morgan fingerprint density at radius 3 is 2.93 bits per heavy atom. The topological polar surface area (TPSA) is 93.7 Å². The van der Waals surface area contributed by atoms with Gasteiger partial charge < -0.3 is 19.7 Å². The Labute approximate surface area is 161 Å². The first-order valence-electron chi connectivity index (χ1n) is 9.38. The lowest BCUT2D eigenvalue weighted by molar-refractivity contribution is -0.120. The predicted octanol–water partition coefficient (Wildman–Crippen LogP) is 1.54. The van der Waals surface area contributed by atoms with E-state index in [-0.39, 0.29) is 23.9 Å². The zero-order valence-corrected chi connectivity index (χ0v) is 15.5. The van der Waals surface area contributed by atoms with Gasteiger partial charge in [0.15, 0.2) is 0 Å². The monoisotopic (exact) mass is 380 g/mol. The number of ether oxygens (including phenoxy) is 2. The van der Waals surface area contributed by atoms with Crippen molar-refractivity contribution in [3.63, 3.8) is 0 Å². The van der Waals surface area contributed by atoms with E-state index in [2.05, 4.69) is 15.3 Å². The van der Waals surface area contributed by atoms with Crippen LogP contribution in [0.1, 0.15) is 41.1 Å². The van der Waals surface area contributed by atoms with Crippen LogP contribution in [0.15, 0.2) is 30.5 Å². The van der Waals surface area contributed by atoms with E-state index in [1.165, 1.54) is 4.90 Å². The molecule has 5 rings (SSSR count). The fraction of sp³-hybridized carbons (Fsp3) is 0.400. The minimum absolute atomic E-state index is 0.0456. The number of hydrogen-bond donors (Lipinski definition) is 1. The third-order valence-corrected chi connectivity index (χ3v) is 5.73. The first kappa shape index (κ1) is 17.1. The number of hydrogen-bond acceptors (Lipinski definition) is 6. The predicted molar refractivity (Wildman–Crippen MR) is 99.0 cm³/mol. The second kappa shape index (κ2) is 6.27. The third kappa shape index (κ3) is 2.56. The molecule has 1 aromatic heterocycles. The van der Waals surface area contributed by atoms with Crippen molar-refractivity contribution in [2.45, 2.75) is 37.5 Å². The van der Waals surface area contributed by atoms with E-state index in [1.807, 2.05) is 12.1 Å². The van der Waals surface area contributed by atoms with Crippen LogP contribution in [0.3, 0.4) is 0 Å². The van der Waals surface area contributed by atoms with Crippen LogP contribution in [0.4, 0.5) is 5.69 Å². The SMILES string of the molecule is CN1C(=O)[C@@H](NC(=O)c2ncc3c(n2)C2(CCC2)OC3)COc2ccccc21. The molecular formula is C20H20N4O4. The molecule has 2 aromatic rings. The molecule has 0 radical (unpaired) electrons. The van der Waals surface area contributed by atoms with Gasteiger partial charge in [-0.2, -0.15) is 0 Å². The maximum Gasteiger partial charge on any atom is 0.289 e. The highest BCUT2D eigenvalue weighted by Crippen LogP contribution is 2.49. The molecule has 1 fully saturated rings. The molecule has 1 spiro atoms. The van der Waals surface area contributed by atoms with Crippen LogP contribution in [0, 0.1) is 0 Å². The average Bonchev–Trinajstić information content (AvgIpc) is 3.04. The van der Waals surface area contributed by atoms with Crippen molar-refractivity contribution in [2.75, 3.05) is 18.6 Å². The van der Waals surface area contributed by atoms with Gasteiger partial charge in [-0.25, -0.2) is 9.97 Å². The normalized spacial score (nSPS) is 22.0. The van der Waals surface area contributed by atoms with Crippen molar-refractivity contribution in [1.29, 1.82) is 0 Å². The number of carbonyl (C=O) groups excluding carboxylic acids is 2. The van der Waals surface area contributed by atoms with E-state index >= 15 is 0 Å². The number of benzene rings is 1. The number of aromatic nitrogens is 2. The molecule has 8 heteroatoms. The number of carbonyl (C=O) groups is 2. The van der Waals surface area contributed by atoms with Gasteiger partial charge in [-0.15, -0.1) is 0 Å². The minimum atomic E-state index is -0.823. The Morgan fingerprint density at radius 1 is 1.32 bits per heavy atom. The summed E-state index contributed by atoms with van der Waals surface area (Å²) in [4.78, 5) is 35.7. The van der Waals surface area contributed by atoms with E-state index in [9.17, 15) is 9.59 Å². The lowest BCUT2D eigenvalue weighted by atomic mass is 9.77. The summed E-state index contributed by atoms with van der Waals surface area (Å²) in [5, 5.41) is 2.72. The largest absolute Gasteiger partial charge is 0.489 e. The minimum Gasteiger partial charge on any atom is -0.489 e. The standard InChI is InChI=1S/C20H20N4O4/c1-24-14-5-2-3-6-15(14)27-11-13(19(24)26)22-18(25)17-21-9-12-10-28-20(7-4-8-20)16(12)23-17/h2-3,5-6,9,13H,4,7-8,10-11H2,1H3,(H,22,25)/t13-/m0/s1. The summed E-state index contributed by atoms with van der Waals surface area (Å²) in [6.07, 6.45) is 4.57. The Hall–Kier alpha value is -3.00. The summed E-state index contributed by atoms with van der Waals surface area (Å²) in [6, 6.07) is 6.45. The molecule has 0 unspecified atom stereocenters. The molecule has 2 aliphatic heterocycles. The molecule has 3 heterocycles. The number of fused-ring (bicyclic) bond motifs is 3. The molecule has 1 N–H and O–H groups in total. The van der Waals surface area contributed by atoms with Crippen LogP contribution in [-0.4, -0.2) is 41.5 Å². The van der Waals surface area contributed by atoms with E-state index in [1.54, 1.807) is 25.4 Å². The third-order valence-electron chi connectivity index (χ3n) is 5.73. The van der Waals surface area contributed by atoms with Gasteiger partial charge in [0.1, 0.15) is 24.0 Å². The van der Waals surface area contributed by atoms with Crippen LogP contribution < -0.4 is 15.0 Å². The van der Waals surface area contributed by atoms with Crippen LogP contribution in [-0.2, 0) is 21.7 Å². The zero-order valence-electron chi connectivity index (χ0n) is 15.5. The Morgan fingerprint density at radius 2 is 2.14 bits per heavy atom. The summed E-state index contributed by atoms with van der Waals surface area (Å²) in [5.74, 6) is -0.0931. The molecule has 28 heavy (non-hydrogen) atoms. The first-order chi connectivity index (χ1) is 13.6. The average molecular weight is 380 g/mol. The smallest absolute Gasteiger partial charge is 0.289 e. The van der Waals surface area contributed by atoms with E-state index < -0.39 is 11.9 Å². The van der Waals surface area contributed by atoms with Crippen molar-refractivity contribution in [3.05, 3.63) is 47.5 Å². The van der Waals surface area contributed by atoms with E-state index in [4.69, 9.17) is 9.47 Å². The van der Waals surface area contributed by atoms with Gasteiger partial charge in [0, 0.05) is 18.8 Å². The molecule has 1 aliphatic carbocycles. The quantitative estimate of drug-likeness (QED) is 0.849. The fourth-order valence-corrected chi connectivity index (χ4v) is 3.96. The first-order valence-corrected chi connectivity index (χ1v) is 9.38. The molecule has 1 saturated carbocycles. The van der Waals surface area contributed by atoms with E-state index in [0.29, 0.717) is 18.0 Å². The Kier molecular flexibility index (Phi) is 3.83. The molecular weight excluding hydrogens is 360 g/mol. The van der Waals surface area contributed by atoms with Crippen molar-refractivity contribution in [2.24, 2.45) is 0 Å². The number of anilines is 1. The van der Waals surface area contributed by atoms with Crippen LogP contribution >= 0.6 is 0 Å². The highest BCUT2D eigenvalue weighted by atomic mass is 16.5. The Bertz CT molecular complexity index is 972. The number of nitrogens with zero attached hydrogens (tertiary/aromatic N) is 3. The Balaban J connectivity index is 1.36. The summed E-state index contributed by atoms with van der Waals surface area (Å²) < 4.78 is 11.6. The number of nitrogens with one attached hydrogen (secondary N) is 1. The molecule has 1 atom stereocenters. The van der Waals surface area contributed by atoms with Crippen LogP contribution in [0.2, 0.25) is 0 Å². The second-order valence-electron chi connectivity index (χ2n) is 7.41. The molecule has 3 aliphatic rings. The van der Waals surface area contributed by atoms with Gasteiger partial charge in [-0.3, -0.25) is 9.59 Å². The maximum absolute atomic E-state index is 12.8. The van der Waals surface area contributed by atoms with Crippen molar-refractivity contribution >= 4 is 17.5 Å². The van der Waals surface area contributed by atoms with Crippen molar-refractivity contribution in [1.82, 2.24) is 15.3 Å². The molecule has 1 aromatic carbocycles. The number of likely N-dealkylation sites (N-methyl/N-ethyl adjacent to an activating group) is 1. The highest BCUT2D eigenvalue weighted by Gasteiger charge is 2.47. The molecule has 144 valence electrons. The van der Waals surface area contributed by atoms with Gasteiger partial charge in [-0.05, 0) is 31.4 Å². The van der Waals surface area contributed by atoms with Crippen LogP contribution in [0.5, 0.6) is 5.75 Å². The summed E-state index contributed by atoms with van der Waals surface area (Å²) in [6.45, 7) is 0.527. The van der Waals surface area contributed by atoms with Gasteiger partial charge >= 0.3 is 0 Å².